The Morgan fingerprint density at radius 3 is 2.64 bits per heavy atom. The number of halogens is 1. The van der Waals surface area contributed by atoms with E-state index < -0.39 is 5.97 Å². The summed E-state index contributed by atoms with van der Waals surface area (Å²) >= 11 is 6.49. The van der Waals surface area contributed by atoms with Crippen LogP contribution >= 0.6 is 11.6 Å². The molecular formula is C17H21ClN4O3. The third-order valence-corrected chi connectivity index (χ3v) is 4.06. The van der Waals surface area contributed by atoms with Gasteiger partial charge in [-0.3, -0.25) is 9.59 Å². The molecule has 2 heterocycles. The molecule has 0 aliphatic carbocycles. The number of rotatable bonds is 7. The van der Waals surface area contributed by atoms with Gasteiger partial charge in [-0.05, 0) is 32.9 Å². The van der Waals surface area contributed by atoms with Crippen molar-refractivity contribution in [3.8, 4) is 0 Å². The fraction of sp³-hybridized carbons (Fsp3) is 0.412. The summed E-state index contributed by atoms with van der Waals surface area (Å²) in [5.41, 5.74) is 0.630. The summed E-state index contributed by atoms with van der Waals surface area (Å²) in [5, 5.41) is 3.71. The standard InChI is InChI=1S/C17H21ClN4O3/c1-4-22(5-2)17(24)13-14(18)11-8-7-9-19-15(11)21-16(13)20-10-12(23)25-6-3/h7-9H,4-6,10H2,1-3H3,(H,19,20,21). The molecule has 25 heavy (non-hydrogen) atoms. The molecule has 0 aromatic carbocycles. The summed E-state index contributed by atoms with van der Waals surface area (Å²) in [7, 11) is 0. The highest BCUT2D eigenvalue weighted by Crippen LogP contribution is 2.31. The third kappa shape index (κ3) is 4.17. The van der Waals surface area contributed by atoms with Gasteiger partial charge in [-0.25, -0.2) is 9.97 Å². The lowest BCUT2D eigenvalue weighted by Gasteiger charge is -2.21. The van der Waals surface area contributed by atoms with Gasteiger partial charge in [0, 0.05) is 24.7 Å². The van der Waals surface area contributed by atoms with Gasteiger partial charge in [0.2, 0.25) is 0 Å². The normalized spacial score (nSPS) is 10.6. The topological polar surface area (TPSA) is 84.4 Å². The zero-order valence-electron chi connectivity index (χ0n) is 14.5. The first-order valence-electron chi connectivity index (χ1n) is 8.16. The minimum absolute atomic E-state index is 0.117. The number of aromatic nitrogens is 2. The van der Waals surface area contributed by atoms with E-state index in [0.29, 0.717) is 24.1 Å². The molecule has 8 heteroatoms. The number of nitrogens with zero attached hydrogens (tertiary/aromatic N) is 3. The number of anilines is 1. The number of esters is 1. The molecule has 1 amide bonds. The zero-order valence-corrected chi connectivity index (χ0v) is 15.3. The number of carbonyl (C=O) groups excluding carboxylic acids is 2. The van der Waals surface area contributed by atoms with Crippen molar-refractivity contribution < 1.29 is 14.3 Å². The number of carbonyl (C=O) groups is 2. The first-order chi connectivity index (χ1) is 12.0. The Bertz CT molecular complexity index is 778. The molecule has 134 valence electrons. The largest absolute Gasteiger partial charge is 0.465 e. The molecule has 0 fully saturated rings. The molecule has 2 rings (SSSR count). The van der Waals surface area contributed by atoms with Crippen molar-refractivity contribution in [2.75, 3.05) is 31.6 Å². The van der Waals surface area contributed by atoms with Crippen molar-refractivity contribution in [1.29, 1.82) is 0 Å². The van der Waals surface area contributed by atoms with Crippen LogP contribution in [0.5, 0.6) is 0 Å². The SMILES string of the molecule is CCOC(=O)CNc1nc2ncccc2c(Cl)c1C(=O)N(CC)CC. The van der Waals surface area contributed by atoms with E-state index in [2.05, 4.69) is 15.3 Å². The lowest BCUT2D eigenvalue weighted by Crippen LogP contribution is -2.32. The molecule has 0 aliphatic rings. The highest BCUT2D eigenvalue weighted by atomic mass is 35.5. The van der Waals surface area contributed by atoms with Crippen molar-refractivity contribution in [2.24, 2.45) is 0 Å². The van der Waals surface area contributed by atoms with E-state index in [-0.39, 0.29) is 35.5 Å². The van der Waals surface area contributed by atoms with Gasteiger partial charge in [-0.15, -0.1) is 0 Å². The summed E-state index contributed by atoms with van der Waals surface area (Å²) in [6.45, 7) is 6.73. The lowest BCUT2D eigenvalue weighted by molar-refractivity contribution is -0.140. The second-order valence-corrected chi connectivity index (χ2v) is 5.54. The van der Waals surface area contributed by atoms with Crippen molar-refractivity contribution >= 4 is 40.3 Å². The van der Waals surface area contributed by atoms with E-state index >= 15 is 0 Å². The van der Waals surface area contributed by atoms with Crippen LogP contribution in [0.1, 0.15) is 31.1 Å². The summed E-state index contributed by atoms with van der Waals surface area (Å²) in [4.78, 5) is 34.7. The van der Waals surface area contributed by atoms with E-state index in [9.17, 15) is 9.59 Å². The maximum atomic E-state index is 12.9. The number of hydrogen-bond acceptors (Lipinski definition) is 6. The Labute approximate surface area is 151 Å². The molecule has 0 saturated heterocycles. The second-order valence-electron chi connectivity index (χ2n) is 5.16. The van der Waals surface area contributed by atoms with Gasteiger partial charge in [-0.2, -0.15) is 0 Å². The van der Waals surface area contributed by atoms with Gasteiger partial charge >= 0.3 is 5.97 Å². The molecule has 0 saturated carbocycles. The van der Waals surface area contributed by atoms with Crippen LogP contribution in [-0.2, 0) is 9.53 Å². The Morgan fingerprint density at radius 1 is 1.28 bits per heavy atom. The zero-order chi connectivity index (χ0) is 18.4. The fourth-order valence-electron chi connectivity index (χ4n) is 2.42. The molecule has 0 atom stereocenters. The van der Waals surface area contributed by atoms with Crippen LogP contribution in [0.15, 0.2) is 18.3 Å². The molecule has 0 unspecified atom stereocenters. The third-order valence-electron chi connectivity index (χ3n) is 3.67. The molecule has 0 bridgehead atoms. The van der Waals surface area contributed by atoms with Crippen LogP contribution in [0.3, 0.4) is 0 Å². The number of fused-ring (bicyclic) bond motifs is 1. The summed E-state index contributed by atoms with van der Waals surface area (Å²) < 4.78 is 4.90. The van der Waals surface area contributed by atoms with Crippen LogP contribution in [0.25, 0.3) is 11.0 Å². The average Bonchev–Trinajstić information content (AvgIpc) is 2.61. The van der Waals surface area contributed by atoms with E-state index in [0.717, 1.165) is 0 Å². The predicted molar refractivity (Wildman–Crippen MR) is 96.9 cm³/mol. The van der Waals surface area contributed by atoms with Crippen LogP contribution in [0.4, 0.5) is 5.82 Å². The van der Waals surface area contributed by atoms with E-state index in [1.807, 2.05) is 13.8 Å². The van der Waals surface area contributed by atoms with Gasteiger partial charge in [-0.1, -0.05) is 11.6 Å². The Hall–Kier alpha value is -2.41. The van der Waals surface area contributed by atoms with Gasteiger partial charge in [0.1, 0.15) is 17.9 Å². The van der Waals surface area contributed by atoms with Gasteiger partial charge in [0.15, 0.2) is 5.65 Å². The maximum Gasteiger partial charge on any atom is 0.325 e. The molecule has 0 aliphatic heterocycles. The van der Waals surface area contributed by atoms with Crippen molar-refractivity contribution in [2.45, 2.75) is 20.8 Å². The molecule has 7 nitrogen and oxygen atoms in total. The van der Waals surface area contributed by atoms with Crippen LogP contribution in [0, 0.1) is 0 Å². The van der Waals surface area contributed by atoms with Gasteiger partial charge in [0.25, 0.3) is 5.91 Å². The minimum Gasteiger partial charge on any atom is -0.465 e. The average molecular weight is 365 g/mol. The molecule has 1 N–H and O–H groups in total. The Kier molecular flexibility index (Phi) is 6.52. The van der Waals surface area contributed by atoms with Crippen molar-refractivity contribution in [3.63, 3.8) is 0 Å². The first kappa shape index (κ1) is 18.9. The number of nitrogens with one attached hydrogen (secondary N) is 1. The quantitative estimate of drug-likeness (QED) is 0.760. The number of pyridine rings is 2. The molecule has 2 aromatic heterocycles. The first-order valence-corrected chi connectivity index (χ1v) is 8.54. The molecule has 0 spiro atoms. The highest BCUT2D eigenvalue weighted by molar-refractivity contribution is 6.39. The smallest absolute Gasteiger partial charge is 0.325 e. The van der Waals surface area contributed by atoms with Crippen LogP contribution < -0.4 is 5.32 Å². The van der Waals surface area contributed by atoms with E-state index in [4.69, 9.17) is 16.3 Å². The lowest BCUT2D eigenvalue weighted by atomic mass is 10.1. The number of ether oxygens (including phenoxy) is 1. The van der Waals surface area contributed by atoms with E-state index in [1.165, 1.54) is 0 Å². The van der Waals surface area contributed by atoms with Gasteiger partial charge < -0.3 is 15.0 Å². The van der Waals surface area contributed by atoms with Crippen molar-refractivity contribution in [1.82, 2.24) is 14.9 Å². The predicted octanol–water partition coefficient (Wildman–Crippen LogP) is 2.74. The van der Waals surface area contributed by atoms with Crippen LogP contribution in [-0.4, -0.2) is 53.0 Å². The van der Waals surface area contributed by atoms with E-state index in [1.54, 1.807) is 30.2 Å². The molecular weight excluding hydrogens is 344 g/mol. The highest BCUT2D eigenvalue weighted by Gasteiger charge is 2.24. The Morgan fingerprint density at radius 2 is 2.00 bits per heavy atom. The summed E-state index contributed by atoms with van der Waals surface area (Å²) in [6, 6.07) is 3.49. The van der Waals surface area contributed by atoms with Gasteiger partial charge in [0.05, 0.1) is 11.6 Å². The molecule has 2 aromatic rings. The number of hydrogen-bond donors (Lipinski definition) is 1. The van der Waals surface area contributed by atoms with Crippen molar-refractivity contribution in [3.05, 3.63) is 28.9 Å². The van der Waals surface area contributed by atoms with Crippen LogP contribution in [0.2, 0.25) is 5.02 Å². The minimum atomic E-state index is -0.442. The Balaban J connectivity index is 2.51. The second kappa shape index (κ2) is 8.62. The maximum absolute atomic E-state index is 12.9. The summed E-state index contributed by atoms with van der Waals surface area (Å²) in [5.74, 6) is -0.469. The fourth-order valence-corrected chi connectivity index (χ4v) is 2.74. The number of amides is 1. The monoisotopic (exact) mass is 364 g/mol. The summed E-state index contributed by atoms with van der Waals surface area (Å²) in [6.07, 6.45) is 1.59. The molecule has 0 radical (unpaired) electrons.